The van der Waals surface area contributed by atoms with Crippen LogP contribution in [0.1, 0.15) is 18.5 Å². The maximum atomic E-state index is 13.3. The molecule has 3 aromatic rings. The van der Waals surface area contributed by atoms with Crippen LogP contribution in [0.2, 0.25) is 0 Å². The van der Waals surface area contributed by atoms with Crippen molar-refractivity contribution >= 4 is 27.3 Å². The van der Waals surface area contributed by atoms with Gasteiger partial charge in [-0.15, -0.1) is 0 Å². The monoisotopic (exact) mass is 439 g/mol. The van der Waals surface area contributed by atoms with Crippen LogP contribution in [0.25, 0.3) is 0 Å². The SMILES string of the molecule is C[C@@H](NC(=O)CN(c1ccc([N+](=O)[O-])cc1)S(=O)(=O)c1ccccc1)c1ccccc1. The Morgan fingerprint density at radius 1 is 0.968 bits per heavy atom. The Labute approximate surface area is 180 Å². The zero-order valence-electron chi connectivity index (χ0n) is 16.7. The van der Waals surface area contributed by atoms with E-state index in [1.807, 2.05) is 30.3 Å². The number of amides is 1. The number of benzene rings is 3. The van der Waals surface area contributed by atoms with Crippen molar-refractivity contribution in [2.45, 2.75) is 17.9 Å². The van der Waals surface area contributed by atoms with Crippen molar-refractivity contribution in [2.75, 3.05) is 10.8 Å². The fourth-order valence-electron chi connectivity index (χ4n) is 3.02. The number of nitrogens with one attached hydrogen (secondary N) is 1. The molecule has 8 nitrogen and oxygen atoms in total. The number of hydrogen-bond donors (Lipinski definition) is 1. The van der Waals surface area contributed by atoms with Gasteiger partial charge in [-0.2, -0.15) is 0 Å². The average Bonchev–Trinajstić information content (AvgIpc) is 2.78. The summed E-state index contributed by atoms with van der Waals surface area (Å²) in [4.78, 5) is 23.1. The number of hydrogen-bond acceptors (Lipinski definition) is 5. The van der Waals surface area contributed by atoms with Crippen LogP contribution in [0.3, 0.4) is 0 Å². The Balaban J connectivity index is 1.90. The molecule has 0 unspecified atom stereocenters. The van der Waals surface area contributed by atoms with Gasteiger partial charge in [-0.1, -0.05) is 48.5 Å². The minimum atomic E-state index is -4.08. The van der Waals surface area contributed by atoms with Crippen LogP contribution >= 0.6 is 0 Å². The Hall–Kier alpha value is -3.72. The molecule has 0 aliphatic rings. The minimum Gasteiger partial charge on any atom is -0.348 e. The van der Waals surface area contributed by atoms with Gasteiger partial charge in [0.2, 0.25) is 5.91 Å². The molecule has 0 aliphatic heterocycles. The van der Waals surface area contributed by atoms with Crippen molar-refractivity contribution in [3.63, 3.8) is 0 Å². The highest BCUT2D eigenvalue weighted by atomic mass is 32.2. The quantitative estimate of drug-likeness (QED) is 0.425. The van der Waals surface area contributed by atoms with E-state index in [1.165, 1.54) is 36.4 Å². The van der Waals surface area contributed by atoms with E-state index >= 15 is 0 Å². The van der Waals surface area contributed by atoms with Crippen LogP contribution in [-0.4, -0.2) is 25.8 Å². The molecule has 0 bridgehead atoms. The van der Waals surface area contributed by atoms with Crippen LogP contribution in [-0.2, 0) is 14.8 Å². The van der Waals surface area contributed by atoms with Gasteiger partial charge in [0.1, 0.15) is 6.54 Å². The maximum Gasteiger partial charge on any atom is 0.269 e. The largest absolute Gasteiger partial charge is 0.348 e. The summed E-state index contributed by atoms with van der Waals surface area (Å²) in [5.41, 5.74) is 0.851. The van der Waals surface area contributed by atoms with E-state index in [-0.39, 0.29) is 22.3 Å². The van der Waals surface area contributed by atoms with Gasteiger partial charge in [-0.3, -0.25) is 19.2 Å². The van der Waals surface area contributed by atoms with E-state index in [4.69, 9.17) is 0 Å². The number of nitro benzene ring substituents is 1. The van der Waals surface area contributed by atoms with Gasteiger partial charge in [0.15, 0.2) is 0 Å². The highest BCUT2D eigenvalue weighted by molar-refractivity contribution is 7.92. The van der Waals surface area contributed by atoms with Gasteiger partial charge in [-0.25, -0.2) is 8.42 Å². The molecule has 0 saturated carbocycles. The van der Waals surface area contributed by atoms with Crippen molar-refractivity contribution in [3.8, 4) is 0 Å². The molecule has 0 heterocycles. The number of nitrogens with zero attached hydrogens (tertiary/aromatic N) is 2. The lowest BCUT2D eigenvalue weighted by Gasteiger charge is -2.25. The molecule has 1 atom stereocenters. The predicted octanol–water partition coefficient (Wildman–Crippen LogP) is 3.67. The van der Waals surface area contributed by atoms with Crippen molar-refractivity contribution in [3.05, 3.63) is 101 Å². The van der Waals surface area contributed by atoms with Crippen LogP contribution in [0.4, 0.5) is 11.4 Å². The van der Waals surface area contributed by atoms with Crippen molar-refractivity contribution in [2.24, 2.45) is 0 Å². The van der Waals surface area contributed by atoms with Crippen LogP contribution in [0.15, 0.2) is 89.8 Å². The molecule has 3 rings (SSSR count). The van der Waals surface area contributed by atoms with E-state index in [0.717, 1.165) is 9.87 Å². The predicted molar refractivity (Wildman–Crippen MR) is 117 cm³/mol. The third-order valence-corrected chi connectivity index (χ3v) is 6.43. The first-order valence-corrected chi connectivity index (χ1v) is 10.9. The molecule has 0 aromatic heterocycles. The summed E-state index contributed by atoms with van der Waals surface area (Å²) in [7, 11) is -4.08. The summed E-state index contributed by atoms with van der Waals surface area (Å²) in [6, 6.07) is 21.7. The smallest absolute Gasteiger partial charge is 0.269 e. The summed E-state index contributed by atoms with van der Waals surface area (Å²) >= 11 is 0. The van der Waals surface area contributed by atoms with Gasteiger partial charge in [0, 0.05) is 12.1 Å². The third-order valence-electron chi connectivity index (χ3n) is 4.64. The number of carbonyl (C=O) groups is 1. The fourth-order valence-corrected chi connectivity index (χ4v) is 4.46. The van der Waals surface area contributed by atoms with Crippen molar-refractivity contribution < 1.29 is 18.1 Å². The third kappa shape index (κ3) is 5.26. The second-order valence-corrected chi connectivity index (χ2v) is 8.66. The number of carbonyl (C=O) groups excluding carboxylic acids is 1. The van der Waals surface area contributed by atoms with E-state index in [2.05, 4.69) is 5.32 Å². The number of rotatable bonds is 8. The van der Waals surface area contributed by atoms with Gasteiger partial charge < -0.3 is 5.32 Å². The minimum absolute atomic E-state index is 0.0114. The molecule has 160 valence electrons. The first-order valence-electron chi connectivity index (χ1n) is 9.45. The maximum absolute atomic E-state index is 13.3. The zero-order valence-corrected chi connectivity index (χ0v) is 17.5. The van der Waals surface area contributed by atoms with Crippen LogP contribution < -0.4 is 9.62 Å². The molecule has 0 aliphatic carbocycles. The molecule has 9 heteroatoms. The van der Waals surface area contributed by atoms with Crippen LogP contribution in [0.5, 0.6) is 0 Å². The number of sulfonamides is 1. The normalized spacial score (nSPS) is 12.0. The lowest BCUT2D eigenvalue weighted by Crippen LogP contribution is -2.41. The number of anilines is 1. The van der Waals surface area contributed by atoms with E-state index in [1.54, 1.807) is 25.1 Å². The highest BCUT2D eigenvalue weighted by Gasteiger charge is 2.28. The van der Waals surface area contributed by atoms with E-state index in [0.29, 0.717) is 0 Å². The fraction of sp³-hybridized carbons (Fsp3) is 0.136. The molecule has 0 saturated heterocycles. The molecule has 0 radical (unpaired) electrons. The van der Waals surface area contributed by atoms with Gasteiger partial charge in [0.05, 0.1) is 21.5 Å². The van der Waals surface area contributed by atoms with E-state index < -0.39 is 27.4 Å². The average molecular weight is 439 g/mol. The Kier molecular flexibility index (Phi) is 6.66. The Morgan fingerprint density at radius 3 is 2.06 bits per heavy atom. The van der Waals surface area contributed by atoms with Crippen molar-refractivity contribution in [1.82, 2.24) is 5.32 Å². The molecule has 3 aromatic carbocycles. The molecule has 1 N–H and O–H groups in total. The van der Waals surface area contributed by atoms with Crippen molar-refractivity contribution in [1.29, 1.82) is 0 Å². The van der Waals surface area contributed by atoms with E-state index in [9.17, 15) is 23.3 Å². The molecular weight excluding hydrogens is 418 g/mol. The Bertz CT molecular complexity index is 1150. The first kappa shape index (κ1) is 22.0. The summed E-state index contributed by atoms with van der Waals surface area (Å²) in [5.74, 6) is -0.505. The lowest BCUT2D eigenvalue weighted by atomic mass is 10.1. The second-order valence-electron chi connectivity index (χ2n) is 6.80. The summed E-state index contributed by atoms with van der Waals surface area (Å²) in [6.07, 6.45) is 0. The standard InChI is InChI=1S/C22H21N3O5S/c1-17(18-8-4-2-5-9-18)23-22(26)16-24(19-12-14-20(15-13-19)25(27)28)31(29,30)21-10-6-3-7-11-21/h2-15,17H,16H2,1H3,(H,23,26)/t17-/m1/s1. The van der Waals surface area contributed by atoms with Gasteiger partial charge >= 0.3 is 0 Å². The molecule has 1 amide bonds. The van der Waals surface area contributed by atoms with Gasteiger partial charge in [-0.05, 0) is 36.8 Å². The van der Waals surface area contributed by atoms with Crippen LogP contribution in [0, 0.1) is 10.1 Å². The molecule has 0 fully saturated rings. The topological polar surface area (TPSA) is 110 Å². The number of nitro groups is 1. The number of non-ortho nitro benzene ring substituents is 1. The Morgan fingerprint density at radius 2 is 1.52 bits per heavy atom. The lowest BCUT2D eigenvalue weighted by molar-refractivity contribution is -0.384. The summed E-state index contributed by atoms with van der Waals surface area (Å²) in [6.45, 7) is 1.32. The molecule has 0 spiro atoms. The summed E-state index contributed by atoms with van der Waals surface area (Å²) < 4.78 is 27.5. The molecule has 31 heavy (non-hydrogen) atoms. The second kappa shape index (κ2) is 9.40. The van der Waals surface area contributed by atoms with Gasteiger partial charge in [0.25, 0.3) is 15.7 Å². The zero-order chi connectivity index (χ0) is 22.4. The highest BCUT2D eigenvalue weighted by Crippen LogP contribution is 2.26. The summed E-state index contributed by atoms with van der Waals surface area (Å²) in [5, 5.41) is 13.7. The molecular formula is C22H21N3O5S. The first-order chi connectivity index (χ1) is 14.8.